The highest BCUT2D eigenvalue weighted by Crippen LogP contribution is 2.38. The second-order valence-corrected chi connectivity index (χ2v) is 6.84. The smallest absolute Gasteiger partial charge is 0.304 e. The molecule has 0 spiro atoms. The van der Waals surface area contributed by atoms with E-state index in [2.05, 4.69) is 6.07 Å². The zero-order chi connectivity index (χ0) is 19.5. The lowest BCUT2D eigenvalue weighted by Gasteiger charge is -2.10. The van der Waals surface area contributed by atoms with E-state index in [1.54, 1.807) is 12.1 Å². The minimum atomic E-state index is -0.824. The second-order valence-electron chi connectivity index (χ2n) is 6.84. The molecule has 5 nitrogen and oxygen atoms in total. The molecule has 0 aromatic heterocycles. The quantitative estimate of drug-likeness (QED) is 0.658. The molecule has 3 aromatic rings. The van der Waals surface area contributed by atoms with Crippen LogP contribution in [0.1, 0.15) is 23.5 Å². The molecule has 142 valence electrons. The van der Waals surface area contributed by atoms with E-state index in [0.717, 1.165) is 22.3 Å². The van der Waals surface area contributed by atoms with Gasteiger partial charge in [-0.3, -0.25) is 4.79 Å². The molecular formula is C23H20O5. The van der Waals surface area contributed by atoms with Gasteiger partial charge in [0.1, 0.15) is 23.9 Å². The van der Waals surface area contributed by atoms with Gasteiger partial charge >= 0.3 is 5.97 Å². The predicted molar refractivity (Wildman–Crippen MR) is 105 cm³/mol. The molecule has 5 heteroatoms. The van der Waals surface area contributed by atoms with E-state index in [4.69, 9.17) is 14.6 Å². The largest absolute Gasteiger partial charge is 0.508 e. The zero-order valence-corrected chi connectivity index (χ0v) is 15.2. The zero-order valence-electron chi connectivity index (χ0n) is 15.2. The Morgan fingerprint density at radius 1 is 1.04 bits per heavy atom. The van der Waals surface area contributed by atoms with Gasteiger partial charge in [-0.1, -0.05) is 36.4 Å². The summed E-state index contributed by atoms with van der Waals surface area (Å²) in [5, 5.41) is 18.4. The van der Waals surface area contributed by atoms with Gasteiger partial charge in [-0.05, 0) is 41.0 Å². The molecular weight excluding hydrogens is 356 g/mol. The molecule has 3 aromatic carbocycles. The Kier molecular flexibility index (Phi) is 4.89. The molecule has 1 aliphatic heterocycles. The third kappa shape index (κ3) is 3.93. The van der Waals surface area contributed by atoms with E-state index in [1.807, 2.05) is 48.5 Å². The third-order valence-corrected chi connectivity index (χ3v) is 4.82. The van der Waals surface area contributed by atoms with Crippen molar-refractivity contribution in [3.8, 4) is 28.4 Å². The van der Waals surface area contributed by atoms with Crippen LogP contribution in [0.4, 0.5) is 0 Å². The van der Waals surface area contributed by atoms with E-state index in [0.29, 0.717) is 24.7 Å². The van der Waals surface area contributed by atoms with Crippen molar-refractivity contribution in [2.24, 2.45) is 0 Å². The van der Waals surface area contributed by atoms with E-state index in [9.17, 15) is 9.90 Å². The Balaban J connectivity index is 1.45. The van der Waals surface area contributed by atoms with Gasteiger partial charge in [-0.25, -0.2) is 0 Å². The highest BCUT2D eigenvalue weighted by molar-refractivity contribution is 5.69. The molecule has 1 aliphatic rings. The number of rotatable bonds is 6. The summed E-state index contributed by atoms with van der Waals surface area (Å²) in [6, 6.07) is 20.7. The molecule has 0 aliphatic carbocycles. The van der Waals surface area contributed by atoms with E-state index in [1.165, 1.54) is 0 Å². The molecule has 28 heavy (non-hydrogen) atoms. The molecule has 0 radical (unpaired) electrons. The summed E-state index contributed by atoms with van der Waals surface area (Å²) >= 11 is 0. The van der Waals surface area contributed by atoms with Crippen molar-refractivity contribution < 1.29 is 24.5 Å². The van der Waals surface area contributed by atoms with Gasteiger partial charge < -0.3 is 19.7 Å². The molecule has 0 bridgehead atoms. The Morgan fingerprint density at radius 2 is 1.86 bits per heavy atom. The number of ether oxygens (including phenoxy) is 2. The molecule has 0 saturated carbocycles. The number of carboxylic acids is 1. The van der Waals surface area contributed by atoms with E-state index in [-0.39, 0.29) is 18.1 Å². The van der Waals surface area contributed by atoms with Gasteiger partial charge in [0.25, 0.3) is 0 Å². The number of hydrogen-bond acceptors (Lipinski definition) is 4. The highest BCUT2D eigenvalue weighted by atomic mass is 16.5. The van der Waals surface area contributed by atoms with Gasteiger partial charge in [-0.2, -0.15) is 0 Å². The number of aromatic hydroxyl groups is 1. The monoisotopic (exact) mass is 376 g/mol. The summed E-state index contributed by atoms with van der Waals surface area (Å²) in [4.78, 5) is 10.9. The van der Waals surface area contributed by atoms with Crippen LogP contribution < -0.4 is 9.47 Å². The van der Waals surface area contributed by atoms with Crippen LogP contribution in [0.25, 0.3) is 11.1 Å². The minimum absolute atomic E-state index is 0.0667. The Labute approximate surface area is 162 Å². The number of aliphatic carboxylic acids is 1. The van der Waals surface area contributed by atoms with Crippen molar-refractivity contribution in [3.05, 3.63) is 77.9 Å². The average Bonchev–Trinajstić information content (AvgIpc) is 3.08. The molecule has 1 atom stereocenters. The molecule has 0 amide bonds. The molecule has 1 heterocycles. The van der Waals surface area contributed by atoms with Crippen molar-refractivity contribution in [1.82, 2.24) is 0 Å². The number of carbonyl (C=O) groups is 1. The summed E-state index contributed by atoms with van der Waals surface area (Å²) in [5.41, 5.74) is 4.02. The number of phenols is 1. The number of fused-ring (bicyclic) bond motifs is 1. The SMILES string of the molecule is O=C(O)CC1COc2cc(OCc3cccc(-c4ccc(O)cc4)c3)ccc21. The normalized spacial score (nSPS) is 14.9. The molecule has 1 unspecified atom stereocenters. The van der Waals surface area contributed by atoms with Gasteiger partial charge in [-0.15, -0.1) is 0 Å². The van der Waals surface area contributed by atoms with Crippen LogP contribution in [0.2, 0.25) is 0 Å². The van der Waals surface area contributed by atoms with Crippen molar-refractivity contribution in [1.29, 1.82) is 0 Å². The first kappa shape index (κ1) is 17.9. The Bertz CT molecular complexity index is 994. The summed E-state index contributed by atoms with van der Waals surface area (Å²) in [7, 11) is 0. The first-order valence-corrected chi connectivity index (χ1v) is 9.08. The van der Waals surface area contributed by atoms with Gasteiger partial charge in [0, 0.05) is 17.5 Å². The van der Waals surface area contributed by atoms with Gasteiger partial charge in [0.05, 0.1) is 13.0 Å². The average molecular weight is 376 g/mol. The lowest BCUT2D eigenvalue weighted by Crippen LogP contribution is -2.07. The van der Waals surface area contributed by atoms with Gasteiger partial charge in [0.2, 0.25) is 0 Å². The van der Waals surface area contributed by atoms with Crippen molar-refractivity contribution in [2.45, 2.75) is 18.9 Å². The van der Waals surface area contributed by atoms with Crippen molar-refractivity contribution in [3.63, 3.8) is 0 Å². The van der Waals surface area contributed by atoms with Crippen LogP contribution in [-0.2, 0) is 11.4 Å². The Morgan fingerprint density at radius 3 is 2.64 bits per heavy atom. The number of phenolic OH excluding ortho intramolecular Hbond substituents is 1. The Hall–Kier alpha value is -3.47. The topological polar surface area (TPSA) is 76.0 Å². The lowest BCUT2D eigenvalue weighted by atomic mass is 9.98. The van der Waals surface area contributed by atoms with Crippen LogP contribution in [0.3, 0.4) is 0 Å². The van der Waals surface area contributed by atoms with Crippen LogP contribution in [0.15, 0.2) is 66.7 Å². The maximum atomic E-state index is 10.9. The summed E-state index contributed by atoms with van der Waals surface area (Å²) < 4.78 is 11.5. The predicted octanol–water partition coefficient (Wildman–Crippen LogP) is 4.59. The summed E-state index contributed by atoms with van der Waals surface area (Å²) in [6.45, 7) is 0.795. The maximum Gasteiger partial charge on any atom is 0.304 e. The first-order chi connectivity index (χ1) is 13.6. The minimum Gasteiger partial charge on any atom is -0.508 e. The van der Waals surface area contributed by atoms with Crippen LogP contribution in [0, 0.1) is 0 Å². The molecule has 0 saturated heterocycles. The number of carboxylic acid groups (broad SMARTS) is 1. The van der Waals surface area contributed by atoms with E-state index < -0.39 is 5.97 Å². The van der Waals surface area contributed by atoms with Crippen molar-refractivity contribution >= 4 is 5.97 Å². The molecule has 2 N–H and O–H groups in total. The second kappa shape index (κ2) is 7.64. The standard InChI is InChI=1S/C23H20O5/c24-19-6-4-16(5-7-19)17-3-1-2-15(10-17)13-27-20-8-9-21-18(11-23(25)26)14-28-22(21)12-20/h1-10,12,18,24H,11,13-14H2,(H,25,26). The van der Waals surface area contributed by atoms with Crippen LogP contribution >= 0.6 is 0 Å². The van der Waals surface area contributed by atoms with Crippen LogP contribution in [0.5, 0.6) is 17.2 Å². The van der Waals surface area contributed by atoms with Crippen LogP contribution in [-0.4, -0.2) is 22.8 Å². The fourth-order valence-corrected chi connectivity index (χ4v) is 3.39. The molecule has 4 rings (SSSR count). The highest BCUT2D eigenvalue weighted by Gasteiger charge is 2.26. The number of hydrogen-bond donors (Lipinski definition) is 2. The maximum absolute atomic E-state index is 10.9. The third-order valence-electron chi connectivity index (χ3n) is 4.82. The van der Waals surface area contributed by atoms with Crippen molar-refractivity contribution in [2.75, 3.05) is 6.61 Å². The lowest BCUT2D eigenvalue weighted by molar-refractivity contribution is -0.137. The fourth-order valence-electron chi connectivity index (χ4n) is 3.39. The first-order valence-electron chi connectivity index (χ1n) is 9.08. The molecule has 0 fully saturated rings. The van der Waals surface area contributed by atoms with E-state index >= 15 is 0 Å². The summed E-state index contributed by atoms with van der Waals surface area (Å²) in [5.74, 6) is 0.692. The summed E-state index contributed by atoms with van der Waals surface area (Å²) in [6.07, 6.45) is 0.0667. The fraction of sp³-hybridized carbons (Fsp3) is 0.174. The number of benzene rings is 3. The van der Waals surface area contributed by atoms with Gasteiger partial charge in [0.15, 0.2) is 0 Å².